The average molecular weight is 428 g/mol. The molecule has 2 heterocycles. The molecule has 2 aromatic heterocycles. The SMILES string of the molecule is Cc1nc(SCc2nc(N)nc(Nc3ccc(F)cc3)n2)n(C2CCCCC2)c1C. The van der Waals surface area contributed by atoms with E-state index in [0.29, 0.717) is 29.3 Å². The van der Waals surface area contributed by atoms with Crippen molar-refractivity contribution < 1.29 is 4.39 Å². The molecule has 1 aromatic carbocycles. The minimum absolute atomic E-state index is 0.146. The van der Waals surface area contributed by atoms with Crippen molar-refractivity contribution in [2.24, 2.45) is 0 Å². The van der Waals surface area contributed by atoms with E-state index in [-0.39, 0.29) is 11.8 Å². The highest BCUT2D eigenvalue weighted by Crippen LogP contribution is 2.35. The Morgan fingerprint density at radius 1 is 1.07 bits per heavy atom. The first kappa shape index (κ1) is 20.6. The Labute approximate surface area is 179 Å². The summed E-state index contributed by atoms with van der Waals surface area (Å²) >= 11 is 1.62. The summed E-state index contributed by atoms with van der Waals surface area (Å²) in [5.41, 5.74) is 8.87. The van der Waals surface area contributed by atoms with Crippen molar-refractivity contribution in [1.82, 2.24) is 24.5 Å². The van der Waals surface area contributed by atoms with E-state index in [1.54, 1.807) is 23.9 Å². The van der Waals surface area contributed by atoms with Crippen molar-refractivity contribution in [1.29, 1.82) is 0 Å². The molecule has 3 aromatic rings. The zero-order valence-corrected chi connectivity index (χ0v) is 18.0. The number of thioether (sulfide) groups is 1. The maximum atomic E-state index is 13.1. The Kier molecular flexibility index (Phi) is 6.17. The molecule has 0 unspecified atom stereocenters. The zero-order chi connectivity index (χ0) is 21.1. The Bertz CT molecular complexity index is 1010. The third kappa shape index (κ3) is 4.72. The lowest BCUT2D eigenvalue weighted by atomic mass is 9.95. The van der Waals surface area contributed by atoms with E-state index in [4.69, 9.17) is 10.7 Å². The number of hydrogen-bond acceptors (Lipinski definition) is 7. The van der Waals surface area contributed by atoms with Crippen LogP contribution < -0.4 is 11.1 Å². The van der Waals surface area contributed by atoms with Gasteiger partial charge in [0.25, 0.3) is 0 Å². The van der Waals surface area contributed by atoms with E-state index in [1.807, 2.05) is 0 Å². The van der Waals surface area contributed by atoms with Gasteiger partial charge >= 0.3 is 0 Å². The number of rotatable bonds is 6. The third-order valence-electron chi connectivity index (χ3n) is 5.42. The van der Waals surface area contributed by atoms with E-state index in [0.717, 1.165) is 10.9 Å². The van der Waals surface area contributed by atoms with Crippen molar-refractivity contribution in [2.45, 2.75) is 62.9 Å². The monoisotopic (exact) mass is 427 g/mol. The van der Waals surface area contributed by atoms with Crippen LogP contribution in [0.1, 0.15) is 55.4 Å². The van der Waals surface area contributed by atoms with Crippen molar-refractivity contribution in [3.63, 3.8) is 0 Å². The fraction of sp³-hybridized carbons (Fsp3) is 0.429. The van der Waals surface area contributed by atoms with Gasteiger partial charge < -0.3 is 15.6 Å². The Morgan fingerprint density at radius 3 is 2.53 bits per heavy atom. The van der Waals surface area contributed by atoms with Gasteiger partial charge in [-0.3, -0.25) is 0 Å². The van der Waals surface area contributed by atoms with Crippen LogP contribution in [0.15, 0.2) is 29.4 Å². The topological polar surface area (TPSA) is 94.5 Å². The summed E-state index contributed by atoms with van der Waals surface area (Å²) in [4.78, 5) is 17.7. The maximum absolute atomic E-state index is 13.1. The van der Waals surface area contributed by atoms with Crippen molar-refractivity contribution in [3.8, 4) is 0 Å². The summed E-state index contributed by atoms with van der Waals surface area (Å²) in [5, 5.41) is 4.05. The normalized spacial score (nSPS) is 14.8. The fourth-order valence-corrected chi connectivity index (χ4v) is 4.83. The lowest BCUT2D eigenvalue weighted by molar-refractivity contribution is 0.332. The molecular weight excluding hydrogens is 401 g/mol. The largest absolute Gasteiger partial charge is 0.368 e. The van der Waals surface area contributed by atoms with E-state index >= 15 is 0 Å². The number of benzene rings is 1. The Balaban J connectivity index is 1.50. The Hall–Kier alpha value is -2.68. The maximum Gasteiger partial charge on any atom is 0.232 e. The van der Waals surface area contributed by atoms with Crippen LogP contribution in [0.25, 0.3) is 0 Å². The average Bonchev–Trinajstić information content (AvgIpc) is 3.02. The molecule has 0 bridgehead atoms. The molecule has 0 spiro atoms. The van der Waals surface area contributed by atoms with Gasteiger partial charge in [0, 0.05) is 17.4 Å². The van der Waals surface area contributed by atoms with Gasteiger partial charge in [0.1, 0.15) is 11.6 Å². The highest BCUT2D eigenvalue weighted by Gasteiger charge is 2.22. The van der Waals surface area contributed by atoms with Gasteiger partial charge in [-0.05, 0) is 51.0 Å². The number of imidazole rings is 1. The Morgan fingerprint density at radius 2 is 1.80 bits per heavy atom. The predicted molar refractivity (Wildman–Crippen MR) is 117 cm³/mol. The molecule has 1 aliphatic carbocycles. The summed E-state index contributed by atoms with van der Waals surface area (Å²) in [6, 6.07) is 6.51. The third-order valence-corrected chi connectivity index (χ3v) is 6.37. The molecule has 4 rings (SSSR count). The van der Waals surface area contributed by atoms with Crippen LogP contribution >= 0.6 is 11.8 Å². The highest BCUT2D eigenvalue weighted by molar-refractivity contribution is 7.98. The summed E-state index contributed by atoms with van der Waals surface area (Å²) in [6.07, 6.45) is 6.27. The highest BCUT2D eigenvalue weighted by atomic mass is 32.2. The molecule has 3 N–H and O–H groups in total. The van der Waals surface area contributed by atoms with Gasteiger partial charge in [0.05, 0.1) is 11.4 Å². The first-order valence-electron chi connectivity index (χ1n) is 10.2. The smallest absolute Gasteiger partial charge is 0.232 e. The van der Waals surface area contributed by atoms with Gasteiger partial charge in [-0.2, -0.15) is 15.0 Å². The lowest BCUT2D eigenvalue weighted by Crippen LogP contribution is -2.15. The summed E-state index contributed by atoms with van der Waals surface area (Å²) in [7, 11) is 0. The van der Waals surface area contributed by atoms with Crippen LogP contribution in [0.2, 0.25) is 0 Å². The number of halogens is 1. The van der Waals surface area contributed by atoms with E-state index in [1.165, 1.54) is 49.9 Å². The second kappa shape index (κ2) is 8.99. The molecule has 0 aliphatic heterocycles. The zero-order valence-electron chi connectivity index (χ0n) is 17.2. The first-order chi connectivity index (χ1) is 14.5. The van der Waals surface area contributed by atoms with Crippen molar-refractivity contribution in [2.75, 3.05) is 11.1 Å². The molecular formula is C21H26FN7S. The molecule has 1 aliphatic rings. The van der Waals surface area contributed by atoms with Gasteiger partial charge in [0.2, 0.25) is 11.9 Å². The molecule has 0 radical (unpaired) electrons. The van der Waals surface area contributed by atoms with Crippen LogP contribution in [0, 0.1) is 19.7 Å². The molecule has 7 nitrogen and oxygen atoms in total. The second-order valence-corrected chi connectivity index (χ2v) is 8.52. The van der Waals surface area contributed by atoms with Gasteiger partial charge in [-0.25, -0.2) is 9.37 Å². The molecule has 0 saturated heterocycles. The summed E-state index contributed by atoms with van der Waals surface area (Å²) < 4.78 is 15.5. The van der Waals surface area contributed by atoms with Crippen molar-refractivity contribution in [3.05, 3.63) is 47.3 Å². The lowest BCUT2D eigenvalue weighted by Gasteiger charge is -2.26. The van der Waals surface area contributed by atoms with Gasteiger partial charge in [-0.1, -0.05) is 31.0 Å². The van der Waals surface area contributed by atoms with Crippen LogP contribution in [0.3, 0.4) is 0 Å². The first-order valence-corrected chi connectivity index (χ1v) is 11.2. The van der Waals surface area contributed by atoms with Crippen LogP contribution in [-0.4, -0.2) is 24.5 Å². The number of nitrogen functional groups attached to an aromatic ring is 1. The minimum atomic E-state index is -0.299. The van der Waals surface area contributed by atoms with E-state index in [9.17, 15) is 4.39 Å². The van der Waals surface area contributed by atoms with E-state index in [2.05, 4.69) is 38.7 Å². The molecule has 1 saturated carbocycles. The molecule has 0 atom stereocenters. The van der Waals surface area contributed by atoms with Crippen LogP contribution in [-0.2, 0) is 5.75 Å². The van der Waals surface area contributed by atoms with Crippen LogP contribution in [0.5, 0.6) is 0 Å². The van der Waals surface area contributed by atoms with E-state index < -0.39 is 0 Å². The number of nitrogens with zero attached hydrogens (tertiary/aromatic N) is 5. The minimum Gasteiger partial charge on any atom is -0.368 e. The molecule has 158 valence electrons. The number of anilines is 3. The standard InChI is InChI=1S/C21H26FN7S/c1-13-14(2)29(17-6-4-3-5-7-17)21(24-13)30-12-18-26-19(23)28-20(27-18)25-16-10-8-15(22)9-11-16/h8-11,17H,3-7,12H2,1-2H3,(H3,23,25,26,27,28). The van der Waals surface area contributed by atoms with Crippen LogP contribution in [0.4, 0.5) is 22.0 Å². The number of nitrogens with two attached hydrogens (primary N) is 1. The molecule has 0 amide bonds. The number of aromatic nitrogens is 5. The number of hydrogen-bond donors (Lipinski definition) is 2. The van der Waals surface area contributed by atoms with Crippen molar-refractivity contribution >= 4 is 29.3 Å². The van der Waals surface area contributed by atoms with Gasteiger partial charge in [0.15, 0.2) is 5.16 Å². The molecule has 1 fully saturated rings. The summed E-state index contributed by atoms with van der Waals surface area (Å²) in [6.45, 7) is 4.21. The predicted octanol–water partition coefficient (Wildman–Crippen LogP) is 4.95. The van der Waals surface area contributed by atoms with Gasteiger partial charge in [-0.15, -0.1) is 0 Å². The fourth-order valence-electron chi connectivity index (χ4n) is 3.82. The number of aryl methyl sites for hydroxylation is 1. The quantitative estimate of drug-likeness (QED) is 0.538. The molecule has 30 heavy (non-hydrogen) atoms. The molecule has 9 heteroatoms. The second-order valence-electron chi connectivity index (χ2n) is 7.58. The number of nitrogens with one attached hydrogen (secondary N) is 1. The summed E-state index contributed by atoms with van der Waals surface area (Å²) in [5.74, 6) is 1.30.